The molecule has 0 saturated carbocycles. The van der Waals surface area contributed by atoms with E-state index in [0.29, 0.717) is 31.1 Å². The number of hydrogen-bond acceptors (Lipinski definition) is 3. The molecule has 3 N–H and O–H groups in total. The van der Waals surface area contributed by atoms with Crippen LogP contribution in [0.5, 0.6) is 0 Å². The molecule has 118 valence electrons. The molecule has 1 aromatic rings. The van der Waals surface area contributed by atoms with E-state index in [1.54, 1.807) is 19.2 Å². The number of aliphatic hydroxyl groups excluding tert-OH is 1. The van der Waals surface area contributed by atoms with E-state index >= 15 is 0 Å². The minimum Gasteiger partial charge on any atom is -0.393 e. The van der Waals surface area contributed by atoms with Gasteiger partial charge in [0, 0.05) is 19.3 Å². The van der Waals surface area contributed by atoms with Crippen molar-refractivity contribution in [3.05, 3.63) is 29.0 Å². The van der Waals surface area contributed by atoms with Gasteiger partial charge in [-0.05, 0) is 36.8 Å². The van der Waals surface area contributed by atoms with Gasteiger partial charge in [0.2, 0.25) is 0 Å². The molecule has 0 aliphatic heterocycles. The van der Waals surface area contributed by atoms with Gasteiger partial charge in [0.15, 0.2) is 0 Å². The quantitative estimate of drug-likeness (QED) is 0.677. The van der Waals surface area contributed by atoms with Gasteiger partial charge in [0.25, 0.3) is 0 Å². The van der Waals surface area contributed by atoms with Crippen molar-refractivity contribution in [3.8, 4) is 0 Å². The number of amides is 2. The number of urea groups is 1. The summed E-state index contributed by atoms with van der Waals surface area (Å²) in [7, 11) is 0. The van der Waals surface area contributed by atoms with Crippen LogP contribution < -0.4 is 10.6 Å². The van der Waals surface area contributed by atoms with Gasteiger partial charge in [0.1, 0.15) is 5.15 Å². The number of pyridine rings is 1. The second-order valence-electron chi connectivity index (χ2n) is 6.07. The third kappa shape index (κ3) is 7.87. The maximum Gasteiger partial charge on any atom is 0.314 e. The molecule has 0 aliphatic rings. The van der Waals surface area contributed by atoms with Crippen LogP contribution in [0, 0.1) is 5.41 Å². The van der Waals surface area contributed by atoms with E-state index in [2.05, 4.69) is 15.6 Å². The van der Waals surface area contributed by atoms with Crippen molar-refractivity contribution in [1.82, 2.24) is 15.6 Å². The average Bonchev–Trinajstić information content (AvgIpc) is 2.37. The lowest BCUT2D eigenvalue weighted by atomic mass is 9.87. The standard InChI is InChI=1S/C15H24ClN3O2/c1-11(20)8-15(2,3)10-19-14(21)17-7-6-12-4-5-13(16)18-9-12/h4-5,9,11,20H,6-8,10H2,1-3H3,(H2,17,19,21). The predicted molar refractivity (Wildman–Crippen MR) is 84.4 cm³/mol. The third-order valence-corrected chi connectivity index (χ3v) is 3.29. The highest BCUT2D eigenvalue weighted by atomic mass is 35.5. The number of halogens is 1. The fraction of sp³-hybridized carbons (Fsp3) is 0.600. The molecule has 0 aliphatic carbocycles. The number of aliphatic hydroxyl groups is 1. The highest BCUT2D eigenvalue weighted by Crippen LogP contribution is 2.20. The lowest BCUT2D eigenvalue weighted by Gasteiger charge is -2.26. The van der Waals surface area contributed by atoms with Crippen LogP contribution >= 0.6 is 11.6 Å². The zero-order valence-electron chi connectivity index (χ0n) is 12.8. The van der Waals surface area contributed by atoms with Crippen molar-refractivity contribution in [2.75, 3.05) is 13.1 Å². The van der Waals surface area contributed by atoms with Crippen LogP contribution in [-0.4, -0.2) is 35.3 Å². The van der Waals surface area contributed by atoms with Crippen molar-refractivity contribution in [3.63, 3.8) is 0 Å². The Balaban J connectivity index is 2.23. The summed E-state index contributed by atoms with van der Waals surface area (Å²) in [6.07, 6.45) is 2.67. The van der Waals surface area contributed by atoms with Crippen LogP contribution in [0.1, 0.15) is 32.8 Å². The van der Waals surface area contributed by atoms with Gasteiger partial charge in [-0.1, -0.05) is 31.5 Å². The fourth-order valence-corrected chi connectivity index (χ4v) is 2.24. The number of nitrogens with one attached hydrogen (secondary N) is 2. The van der Waals surface area contributed by atoms with E-state index in [1.807, 2.05) is 19.9 Å². The second-order valence-corrected chi connectivity index (χ2v) is 6.45. The van der Waals surface area contributed by atoms with E-state index < -0.39 is 0 Å². The first-order valence-corrected chi connectivity index (χ1v) is 7.46. The summed E-state index contributed by atoms with van der Waals surface area (Å²) < 4.78 is 0. The summed E-state index contributed by atoms with van der Waals surface area (Å²) in [4.78, 5) is 15.7. The van der Waals surface area contributed by atoms with Gasteiger partial charge >= 0.3 is 6.03 Å². The third-order valence-electron chi connectivity index (χ3n) is 3.06. The van der Waals surface area contributed by atoms with Crippen LogP contribution in [-0.2, 0) is 6.42 Å². The predicted octanol–water partition coefficient (Wildman–Crippen LogP) is 2.37. The molecular weight excluding hydrogens is 290 g/mol. The minimum atomic E-state index is -0.373. The van der Waals surface area contributed by atoms with Gasteiger partial charge in [-0.25, -0.2) is 9.78 Å². The van der Waals surface area contributed by atoms with Crippen molar-refractivity contribution < 1.29 is 9.90 Å². The molecular formula is C15H24ClN3O2. The molecule has 0 bridgehead atoms. The Bertz CT molecular complexity index is 447. The average molecular weight is 314 g/mol. The Morgan fingerprint density at radius 1 is 1.43 bits per heavy atom. The molecule has 0 spiro atoms. The Morgan fingerprint density at radius 3 is 2.71 bits per heavy atom. The van der Waals surface area contributed by atoms with Crippen LogP contribution in [0.2, 0.25) is 5.15 Å². The summed E-state index contributed by atoms with van der Waals surface area (Å²) in [6.45, 7) is 6.83. The first kappa shape index (κ1) is 17.7. The first-order chi connectivity index (χ1) is 9.78. The highest BCUT2D eigenvalue weighted by Gasteiger charge is 2.20. The molecule has 1 rings (SSSR count). The SMILES string of the molecule is CC(O)CC(C)(C)CNC(=O)NCCc1ccc(Cl)nc1. The van der Waals surface area contributed by atoms with Gasteiger partial charge in [-0.2, -0.15) is 0 Å². The minimum absolute atomic E-state index is 0.133. The van der Waals surface area contributed by atoms with E-state index in [9.17, 15) is 9.90 Å². The van der Waals surface area contributed by atoms with Crippen LogP contribution in [0.15, 0.2) is 18.3 Å². The molecule has 0 saturated heterocycles. The summed E-state index contributed by atoms with van der Waals surface area (Å²) in [6, 6.07) is 3.42. The lowest BCUT2D eigenvalue weighted by molar-refractivity contribution is 0.129. The first-order valence-electron chi connectivity index (χ1n) is 7.09. The molecule has 1 atom stereocenters. The van der Waals surface area contributed by atoms with Crippen molar-refractivity contribution >= 4 is 17.6 Å². The van der Waals surface area contributed by atoms with Gasteiger partial charge in [0.05, 0.1) is 6.10 Å². The monoisotopic (exact) mass is 313 g/mol. The second kappa shape index (κ2) is 8.20. The number of nitrogens with zero attached hydrogens (tertiary/aromatic N) is 1. The van der Waals surface area contributed by atoms with Crippen molar-refractivity contribution in [2.24, 2.45) is 5.41 Å². The largest absolute Gasteiger partial charge is 0.393 e. The molecule has 1 heterocycles. The molecule has 1 aromatic heterocycles. The Labute approximate surface area is 131 Å². The zero-order valence-corrected chi connectivity index (χ0v) is 13.6. The molecule has 21 heavy (non-hydrogen) atoms. The molecule has 0 fully saturated rings. The Hall–Kier alpha value is -1.33. The van der Waals surface area contributed by atoms with E-state index in [4.69, 9.17) is 11.6 Å². The number of aromatic nitrogens is 1. The summed E-state index contributed by atoms with van der Waals surface area (Å²) >= 11 is 5.71. The molecule has 5 nitrogen and oxygen atoms in total. The number of rotatable bonds is 7. The lowest BCUT2D eigenvalue weighted by Crippen LogP contribution is -2.42. The summed E-state index contributed by atoms with van der Waals surface area (Å²) in [5.41, 5.74) is 0.889. The van der Waals surface area contributed by atoms with E-state index in [0.717, 1.165) is 5.56 Å². The normalized spacial score (nSPS) is 12.8. The van der Waals surface area contributed by atoms with Gasteiger partial charge < -0.3 is 15.7 Å². The summed E-state index contributed by atoms with van der Waals surface area (Å²) in [5, 5.41) is 15.5. The topological polar surface area (TPSA) is 74.2 Å². The van der Waals surface area contributed by atoms with Crippen LogP contribution in [0.25, 0.3) is 0 Å². The molecule has 6 heteroatoms. The summed E-state index contributed by atoms with van der Waals surface area (Å²) in [5.74, 6) is 0. The Kier molecular flexibility index (Phi) is 6.92. The number of hydrogen-bond donors (Lipinski definition) is 3. The maximum atomic E-state index is 11.7. The van der Waals surface area contributed by atoms with E-state index in [1.165, 1.54) is 0 Å². The number of carbonyl (C=O) groups excluding carboxylic acids is 1. The Morgan fingerprint density at radius 2 is 2.14 bits per heavy atom. The number of carbonyl (C=O) groups is 1. The maximum absolute atomic E-state index is 11.7. The zero-order chi connectivity index (χ0) is 15.9. The van der Waals surface area contributed by atoms with Gasteiger partial charge in [-0.15, -0.1) is 0 Å². The highest BCUT2D eigenvalue weighted by molar-refractivity contribution is 6.29. The van der Waals surface area contributed by atoms with Crippen LogP contribution in [0.3, 0.4) is 0 Å². The molecule has 0 radical (unpaired) electrons. The molecule has 1 unspecified atom stereocenters. The van der Waals surface area contributed by atoms with Crippen molar-refractivity contribution in [1.29, 1.82) is 0 Å². The molecule has 2 amide bonds. The van der Waals surface area contributed by atoms with E-state index in [-0.39, 0.29) is 17.6 Å². The smallest absolute Gasteiger partial charge is 0.314 e. The van der Waals surface area contributed by atoms with Gasteiger partial charge in [-0.3, -0.25) is 0 Å². The molecule has 0 aromatic carbocycles. The van der Waals surface area contributed by atoms with Crippen molar-refractivity contribution in [2.45, 2.75) is 39.7 Å². The van der Waals surface area contributed by atoms with Crippen LogP contribution in [0.4, 0.5) is 4.79 Å². The fourth-order valence-electron chi connectivity index (χ4n) is 2.13.